The minimum atomic E-state index is -0.352. The molecule has 0 aliphatic heterocycles. The van der Waals surface area contributed by atoms with Crippen molar-refractivity contribution in [3.8, 4) is 5.75 Å². The van der Waals surface area contributed by atoms with E-state index in [0.29, 0.717) is 39.5 Å². The fraction of sp³-hybridized carbons (Fsp3) is 0.360. The van der Waals surface area contributed by atoms with Gasteiger partial charge in [0.1, 0.15) is 5.75 Å². The summed E-state index contributed by atoms with van der Waals surface area (Å²) in [5.41, 5.74) is 2.14. The van der Waals surface area contributed by atoms with Gasteiger partial charge in [-0.2, -0.15) is 0 Å². The molecule has 186 valence electrons. The zero-order chi connectivity index (χ0) is 25.5. The van der Waals surface area contributed by atoms with E-state index in [2.05, 4.69) is 20.8 Å². The number of benzene rings is 2. The number of halogens is 1. The molecule has 1 atom stereocenters. The monoisotopic (exact) mass is 515 g/mol. The van der Waals surface area contributed by atoms with Gasteiger partial charge in [0.05, 0.1) is 18.9 Å². The van der Waals surface area contributed by atoms with Gasteiger partial charge in [0.2, 0.25) is 5.91 Å². The molecule has 2 N–H and O–H groups in total. The Morgan fingerprint density at radius 2 is 1.86 bits per heavy atom. The molecule has 0 saturated heterocycles. The number of rotatable bonds is 10. The van der Waals surface area contributed by atoms with Crippen LogP contribution in [0.3, 0.4) is 0 Å². The Bertz CT molecular complexity index is 1180. The number of hydrogen-bond acceptors (Lipinski definition) is 6. The van der Waals surface area contributed by atoms with Gasteiger partial charge >= 0.3 is 0 Å². The van der Waals surface area contributed by atoms with Crippen LogP contribution in [0.25, 0.3) is 0 Å². The molecule has 0 fully saturated rings. The van der Waals surface area contributed by atoms with Gasteiger partial charge in [0, 0.05) is 22.8 Å². The van der Waals surface area contributed by atoms with E-state index in [1.807, 2.05) is 38.3 Å². The summed E-state index contributed by atoms with van der Waals surface area (Å²) in [6.07, 6.45) is 0. The first-order valence-corrected chi connectivity index (χ1v) is 12.7. The minimum absolute atomic E-state index is 0.0682. The van der Waals surface area contributed by atoms with Gasteiger partial charge in [0.15, 0.2) is 11.0 Å². The number of amides is 2. The van der Waals surface area contributed by atoms with E-state index in [1.165, 1.54) is 11.8 Å². The molecular formula is C25H30ClN5O3S. The SMILES string of the molecule is CCn1c(SCC(=O)Nc2cc(Cl)ccc2C)nnc1[C@H](NC(=O)c1ccc(OC)cc1)C(C)C. The van der Waals surface area contributed by atoms with Crippen molar-refractivity contribution < 1.29 is 14.3 Å². The number of nitrogens with zero attached hydrogens (tertiary/aromatic N) is 3. The lowest BCUT2D eigenvalue weighted by atomic mass is 10.0. The van der Waals surface area contributed by atoms with Crippen LogP contribution in [0, 0.1) is 12.8 Å². The summed E-state index contributed by atoms with van der Waals surface area (Å²) in [6, 6.07) is 12.0. The highest BCUT2D eigenvalue weighted by atomic mass is 35.5. The zero-order valence-corrected chi connectivity index (χ0v) is 22.0. The van der Waals surface area contributed by atoms with E-state index in [9.17, 15) is 9.59 Å². The van der Waals surface area contributed by atoms with Crippen LogP contribution in [-0.4, -0.2) is 39.4 Å². The van der Waals surface area contributed by atoms with Crippen LogP contribution in [0.1, 0.15) is 48.6 Å². The van der Waals surface area contributed by atoms with Crippen LogP contribution < -0.4 is 15.4 Å². The third-order valence-corrected chi connectivity index (χ3v) is 6.65. The highest BCUT2D eigenvalue weighted by Crippen LogP contribution is 2.26. The Labute approximate surface area is 214 Å². The van der Waals surface area contributed by atoms with E-state index in [0.717, 1.165) is 5.56 Å². The van der Waals surface area contributed by atoms with Crippen LogP contribution in [0.5, 0.6) is 5.75 Å². The van der Waals surface area contributed by atoms with Crippen molar-refractivity contribution in [2.24, 2.45) is 5.92 Å². The van der Waals surface area contributed by atoms with Gasteiger partial charge in [-0.15, -0.1) is 10.2 Å². The molecule has 2 aromatic carbocycles. The van der Waals surface area contributed by atoms with Crippen LogP contribution in [0.4, 0.5) is 5.69 Å². The van der Waals surface area contributed by atoms with Crippen molar-refractivity contribution >= 4 is 40.9 Å². The quantitative estimate of drug-likeness (QED) is 0.363. The molecule has 0 aliphatic rings. The summed E-state index contributed by atoms with van der Waals surface area (Å²) in [7, 11) is 1.58. The van der Waals surface area contributed by atoms with Crippen molar-refractivity contribution in [1.82, 2.24) is 20.1 Å². The maximum atomic E-state index is 12.9. The molecule has 0 saturated carbocycles. The summed E-state index contributed by atoms with van der Waals surface area (Å²) in [4.78, 5) is 25.4. The average Bonchev–Trinajstić information content (AvgIpc) is 3.25. The van der Waals surface area contributed by atoms with Crippen LogP contribution in [-0.2, 0) is 11.3 Å². The number of thioether (sulfide) groups is 1. The molecule has 3 rings (SSSR count). The topological polar surface area (TPSA) is 98.1 Å². The van der Waals surface area contributed by atoms with Crippen molar-refractivity contribution in [2.75, 3.05) is 18.2 Å². The summed E-state index contributed by atoms with van der Waals surface area (Å²) >= 11 is 7.34. The molecular weight excluding hydrogens is 486 g/mol. The fourth-order valence-electron chi connectivity index (χ4n) is 3.48. The molecule has 0 bridgehead atoms. The summed E-state index contributed by atoms with van der Waals surface area (Å²) in [5.74, 6) is 1.19. The Balaban J connectivity index is 1.71. The molecule has 0 aliphatic carbocycles. The molecule has 10 heteroatoms. The molecule has 1 aromatic heterocycles. The Kier molecular flexibility index (Phi) is 9.17. The van der Waals surface area contributed by atoms with Gasteiger partial charge in [-0.1, -0.05) is 43.3 Å². The minimum Gasteiger partial charge on any atom is -0.497 e. The number of hydrogen-bond donors (Lipinski definition) is 2. The Morgan fingerprint density at radius 3 is 2.49 bits per heavy atom. The first-order chi connectivity index (χ1) is 16.7. The summed E-state index contributed by atoms with van der Waals surface area (Å²) in [5, 5.41) is 15.8. The van der Waals surface area contributed by atoms with Gasteiger partial charge < -0.3 is 19.9 Å². The van der Waals surface area contributed by atoms with Crippen molar-refractivity contribution in [1.29, 1.82) is 0 Å². The van der Waals surface area contributed by atoms with Gasteiger partial charge in [0.25, 0.3) is 5.91 Å². The molecule has 8 nitrogen and oxygen atoms in total. The molecule has 0 spiro atoms. The van der Waals surface area contributed by atoms with Crippen molar-refractivity contribution in [3.63, 3.8) is 0 Å². The second kappa shape index (κ2) is 12.1. The number of carbonyl (C=O) groups is 2. The van der Waals surface area contributed by atoms with Crippen molar-refractivity contribution in [3.05, 3.63) is 64.4 Å². The predicted octanol–water partition coefficient (Wildman–Crippen LogP) is 5.13. The normalized spacial score (nSPS) is 11.9. The number of anilines is 1. The third kappa shape index (κ3) is 6.76. The number of aromatic nitrogens is 3. The van der Waals surface area contributed by atoms with E-state index in [4.69, 9.17) is 16.3 Å². The average molecular weight is 516 g/mol. The maximum Gasteiger partial charge on any atom is 0.251 e. The lowest BCUT2D eigenvalue weighted by Gasteiger charge is -2.22. The number of nitrogens with one attached hydrogen (secondary N) is 2. The van der Waals surface area contributed by atoms with Crippen LogP contribution in [0.2, 0.25) is 5.02 Å². The number of carbonyl (C=O) groups excluding carboxylic acids is 2. The first-order valence-electron chi connectivity index (χ1n) is 11.3. The van der Waals surface area contributed by atoms with Gasteiger partial charge in [-0.05, 0) is 61.7 Å². The summed E-state index contributed by atoms with van der Waals surface area (Å²) < 4.78 is 7.10. The smallest absolute Gasteiger partial charge is 0.251 e. The number of aryl methyl sites for hydroxylation is 1. The predicted molar refractivity (Wildman–Crippen MR) is 139 cm³/mol. The van der Waals surface area contributed by atoms with E-state index >= 15 is 0 Å². The highest BCUT2D eigenvalue weighted by molar-refractivity contribution is 7.99. The van der Waals surface area contributed by atoms with Crippen LogP contribution in [0.15, 0.2) is 47.6 Å². The highest BCUT2D eigenvalue weighted by Gasteiger charge is 2.26. The fourth-order valence-corrected chi connectivity index (χ4v) is 4.46. The second-order valence-electron chi connectivity index (χ2n) is 8.30. The van der Waals surface area contributed by atoms with Gasteiger partial charge in [-0.25, -0.2) is 0 Å². The van der Waals surface area contributed by atoms with E-state index in [-0.39, 0.29) is 29.5 Å². The third-order valence-electron chi connectivity index (χ3n) is 5.45. The molecule has 0 radical (unpaired) electrons. The lowest BCUT2D eigenvalue weighted by Crippen LogP contribution is -2.33. The molecule has 2 amide bonds. The van der Waals surface area contributed by atoms with Crippen LogP contribution >= 0.6 is 23.4 Å². The number of ether oxygens (including phenoxy) is 1. The molecule has 1 heterocycles. The maximum absolute atomic E-state index is 12.9. The lowest BCUT2D eigenvalue weighted by molar-refractivity contribution is -0.113. The van der Waals surface area contributed by atoms with E-state index < -0.39 is 0 Å². The largest absolute Gasteiger partial charge is 0.497 e. The summed E-state index contributed by atoms with van der Waals surface area (Å²) in [6.45, 7) is 8.52. The van der Waals surface area contributed by atoms with Gasteiger partial charge in [-0.3, -0.25) is 9.59 Å². The Hall–Kier alpha value is -3.04. The molecule has 3 aromatic rings. The Morgan fingerprint density at radius 1 is 1.14 bits per heavy atom. The second-order valence-corrected chi connectivity index (χ2v) is 9.68. The molecule has 35 heavy (non-hydrogen) atoms. The first kappa shape index (κ1) is 26.6. The van der Waals surface area contributed by atoms with E-state index in [1.54, 1.807) is 43.5 Å². The standard InChI is InChI=1S/C25H30ClN5O3S/c1-6-31-23(22(15(2)3)28-24(33)17-8-11-19(34-5)12-9-17)29-30-25(31)35-14-21(32)27-20-13-18(26)10-7-16(20)4/h7-13,15,22H,6,14H2,1-5H3,(H,27,32)(H,28,33)/t22-/m1/s1. The molecule has 0 unspecified atom stereocenters. The zero-order valence-electron chi connectivity index (χ0n) is 20.5. The van der Waals surface area contributed by atoms with Crippen molar-refractivity contribution in [2.45, 2.75) is 45.4 Å². The number of methoxy groups -OCH3 is 1.